The first kappa shape index (κ1) is 9.98. The average Bonchev–Trinajstić information content (AvgIpc) is 2.85. The van der Waals surface area contributed by atoms with Crippen LogP contribution in [0.1, 0.15) is 24.4 Å². The van der Waals surface area contributed by atoms with Gasteiger partial charge in [0.15, 0.2) is 0 Å². The summed E-state index contributed by atoms with van der Waals surface area (Å²) in [6.45, 7) is 2.86. The standard InChI is InChI=1S/C11H15N3O/c1-9(10-3-6-15-8-10)13-7-11-12-4-5-14(11)2/h3-6,8-9,13H,7H2,1-2H3. The summed E-state index contributed by atoms with van der Waals surface area (Å²) in [6.07, 6.45) is 7.20. The molecule has 0 aliphatic rings. The molecule has 4 heteroatoms. The number of aromatic nitrogens is 2. The number of rotatable bonds is 4. The van der Waals surface area contributed by atoms with E-state index in [1.54, 1.807) is 18.7 Å². The number of hydrogen-bond acceptors (Lipinski definition) is 3. The fraction of sp³-hybridized carbons (Fsp3) is 0.364. The van der Waals surface area contributed by atoms with Gasteiger partial charge in [0.2, 0.25) is 0 Å². The van der Waals surface area contributed by atoms with Gasteiger partial charge in [0.05, 0.1) is 19.1 Å². The maximum atomic E-state index is 5.04. The Bertz CT molecular complexity index is 405. The van der Waals surface area contributed by atoms with Crippen molar-refractivity contribution < 1.29 is 4.42 Å². The topological polar surface area (TPSA) is 43.0 Å². The van der Waals surface area contributed by atoms with Crippen molar-refractivity contribution in [3.05, 3.63) is 42.4 Å². The number of furan rings is 1. The molecule has 4 nitrogen and oxygen atoms in total. The van der Waals surface area contributed by atoms with Crippen molar-refractivity contribution in [3.8, 4) is 0 Å². The fourth-order valence-corrected chi connectivity index (χ4v) is 1.45. The SMILES string of the molecule is CC(NCc1nccn1C)c1ccoc1. The molecule has 1 unspecified atom stereocenters. The molecule has 2 heterocycles. The number of nitrogens with one attached hydrogen (secondary N) is 1. The Hall–Kier alpha value is -1.55. The Morgan fingerprint density at radius 1 is 1.60 bits per heavy atom. The highest BCUT2D eigenvalue weighted by Gasteiger charge is 2.07. The van der Waals surface area contributed by atoms with Gasteiger partial charge in [-0.05, 0) is 13.0 Å². The van der Waals surface area contributed by atoms with Crippen molar-refractivity contribution in [3.63, 3.8) is 0 Å². The average molecular weight is 205 g/mol. The minimum absolute atomic E-state index is 0.278. The van der Waals surface area contributed by atoms with Crippen LogP contribution in [0, 0.1) is 0 Å². The summed E-state index contributed by atoms with van der Waals surface area (Å²) >= 11 is 0. The van der Waals surface area contributed by atoms with Gasteiger partial charge in [-0.1, -0.05) is 0 Å². The molecule has 0 fully saturated rings. The van der Waals surface area contributed by atoms with Gasteiger partial charge in [-0.25, -0.2) is 4.98 Å². The third-order valence-corrected chi connectivity index (χ3v) is 2.53. The van der Waals surface area contributed by atoms with Crippen LogP contribution in [0.25, 0.3) is 0 Å². The maximum Gasteiger partial charge on any atom is 0.122 e. The highest BCUT2D eigenvalue weighted by atomic mass is 16.3. The second kappa shape index (κ2) is 4.31. The van der Waals surface area contributed by atoms with Gasteiger partial charge in [-0.3, -0.25) is 0 Å². The Morgan fingerprint density at radius 2 is 2.47 bits per heavy atom. The van der Waals surface area contributed by atoms with Crippen LogP contribution in [0.2, 0.25) is 0 Å². The summed E-state index contributed by atoms with van der Waals surface area (Å²) in [5.74, 6) is 1.03. The Kier molecular flexibility index (Phi) is 2.87. The summed E-state index contributed by atoms with van der Waals surface area (Å²) < 4.78 is 7.04. The molecule has 2 aromatic rings. The van der Waals surface area contributed by atoms with E-state index in [1.165, 1.54) is 0 Å². The van der Waals surface area contributed by atoms with E-state index >= 15 is 0 Å². The second-order valence-corrected chi connectivity index (χ2v) is 3.61. The maximum absolute atomic E-state index is 5.04. The molecular formula is C11H15N3O. The van der Waals surface area contributed by atoms with Crippen molar-refractivity contribution in [2.24, 2.45) is 7.05 Å². The van der Waals surface area contributed by atoms with Gasteiger partial charge in [-0.2, -0.15) is 0 Å². The summed E-state index contributed by atoms with van der Waals surface area (Å²) in [5.41, 5.74) is 1.16. The van der Waals surface area contributed by atoms with E-state index < -0.39 is 0 Å². The van der Waals surface area contributed by atoms with Gasteiger partial charge < -0.3 is 14.3 Å². The molecule has 1 N–H and O–H groups in total. The molecule has 0 radical (unpaired) electrons. The number of nitrogens with zero attached hydrogens (tertiary/aromatic N) is 2. The molecule has 0 saturated carbocycles. The van der Waals surface area contributed by atoms with E-state index in [4.69, 9.17) is 4.42 Å². The second-order valence-electron chi connectivity index (χ2n) is 3.61. The van der Waals surface area contributed by atoms with Crippen LogP contribution >= 0.6 is 0 Å². The minimum atomic E-state index is 0.278. The van der Waals surface area contributed by atoms with Crippen LogP contribution in [0.3, 0.4) is 0 Å². The van der Waals surface area contributed by atoms with Crippen molar-refractivity contribution in [2.75, 3.05) is 0 Å². The van der Waals surface area contributed by atoms with Crippen molar-refractivity contribution in [1.29, 1.82) is 0 Å². The van der Waals surface area contributed by atoms with Crippen LogP contribution in [-0.4, -0.2) is 9.55 Å². The van der Waals surface area contributed by atoms with E-state index in [2.05, 4.69) is 17.2 Å². The molecule has 0 aliphatic carbocycles. The summed E-state index contributed by atoms with van der Waals surface area (Å²) in [5, 5.41) is 3.38. The van der Waals surface area contributed by atoms with E-state index in [0.717, 1.165) is 17.9 Å². The molecule has 0 amide bonds. The molecule has 0 spiro atoms. The smallest absolute Gasteiger partial charge is 0.122 e. The molecular weight excluding hydrogens is 190 g/mol. The quantitative estimate of drug-likeness (QED) is 0.828. The Labute approximate surface area is 88.9 Å². The van der Waals surface area contributed by atoms with Crippen LogP contribution in [0.4, 0.5) is 0 Å². The Morgan fingerprint density at radius 3 is 3.07 bits per heavy atom. The lowest BCUT2D eigenvalue weighted by Crippen LogP contribution is -2.19. The fourth-order valence-electron chi connectivity index (χ4n) is 1.45. The van der Waals surface area contributed by atoms with Crippen molar-refractivity contribution in [1.82, 2.24) is 14.9 Å². The normalized spacial score (nSPS) is 12.9. The van der Waals surface area contributed by atoms with Crippen LogP contribution in [0.5, 0.6) is 0 Å². The molecule has 0 saturated heterocycles. The van der Waals surface area contributed by atoms with Crippen LogP contribution < -0.4 is 5.32 Å². The van der Waals surface area contributed by atoms with Gasteiger partial charge in [0, 0.05) is 31.0 Å². The Balaban J connectivity index is 1.91. The van der Waals surface area contributed by atoms with Crippen LogP contribution in [-0.2, 0) is 13.6 Å². The van der Waals surface area contributed by atoms with Gasteiger partial charge in [0.25, 0.3) is 0 Å². The zero-order valence-corrected chi connectivity index (χ0v) is 8.97. The minimum Gasteiger partial charge on any atom is -0.472 e. The lowest BCUT2D eigenvalue weighted by molar-refractivity contribution is 0.527. The first-order valence-corrected chi connectivity index (χ1v) is 4.99. The predicted octanol–water partition coefficient (Wildman–Crippen LogP) is 1.86. The number of imidazole rings is 1. The molecule has 1 atom stereocenters. The van der Waals surface area contributed by atoms with Crippen molar-refractivity contribution in [2.45, 2.75) is 19.5 Å². The third kappa shape index (κ3) is 2.27. The number of hydrogen-bond donors (Lipinski definition) is 1. The lowest BCUT2D eigenvalue weighted by atomic mass is 10.2. The van der Waals surface area contributed by atoms with E-state index in [-0.39, 0.29) is 6.04 Å². The van der Waals surface area contributed by atoms with E-state index in [1.807, 2.05) is 23.9 Å². The molecule has 2 aromatic heterocycles. The third-order valence-electron chi connectivity index (χ3n) is 2.53. The van der Waals surface area contributed by atoms with Gasteiger partial charge >= 0.3 is 0 Å². The molecule has 15 heavy (non-hydrogen) atoms. The van der Waals surface area contributed by atoms with Gasteiger partial charge in [-0.15, -0.1) is 0 Å². The highest BCUT2D eigenvalue weighted by Crippen LogP contribution is 2.12. The summed E-state index contributed by atoms with van der Waals surface area (Å²) in [7, 11) is 1.99. The monoisotopic (exact) mass is 205 g/mol. The first-order valence-electron chi connectivity index (χ1n) is 4.99. The summed E-state index contributed by atoms with van der Waals surface area (Å²) in [6, 6.07) is 2.25. The predicted molar refractivity (Wildman–Crippen MR) is 57.2 cm³/mol. The summed E-state index contributed by atoms with van der Waals surface area (Å²) in [4.78, 5) is 4.25. The number of aryl methyl sites for hydroxylation is 1. The largest absolute Gasteiger partial charge is 0.472 e. The van der Waals surface area contributed by atoms with Crippen LogP contribution in [0.15, 0.2) is 35.4 Å². The van der Waals surface area contributed by atoms with Gasteiger partial charge in [0.1, 0.15) is 5.82 Å². The zero-order chi connectivity index (χ0) is 10.7. The molecule has 0 aromatic carbocycles. The molecule has 2 rings (SSSR count). The van der Waals surface area contributed by atoms with E-state index in [0.29, 0.717) is 0 Å². The van der Waals surface area contributed by atoms with Crippen molar-refractivity contribution >= 4 is 0 Å². The first-order chi connectivity index (χ1) is 7.27. The van der Waals surface area contributed by atoms with E-state index in [9.17, 15) is 0 Å². The highest BCUT2D eigenvalue weighted by molar-refractivity contribution is 5.10. The zero-order valence-electron chi connectivity index (χ0n) is 8.97. The molecule has 80 valence electrons. The molecule has 0 aliphatic heterocycles. The molecule has 0 bridgehead atoms. The lowest BCUT2D eigenvalue weighted by Gasteiger charge is -2.11.